The van der Waals surface area contributed by atoms with Gasteiger partial charge in [0.05, 0.1) is 9.92 Å². The summed E-state index contributed by atoms with van der Waals surface area (Å²) in [5.41, 5.74) is 1.01. The number of aryl methyl sites for hydroxylation is 1. The Hall–Kier alpha value is -1.37. The van der Waals surface area contributed by atoms with Gasteiger partial charge in [0.1, 0.15) is 0 Å². The zero-order valence-corrected chi connectivity index (χ0v) is 13.2. The van der Waals surface area contributed by atoms with Crippen molar-refractivity contribution in [2.75, 3.05) is 0 Å². The molecule has 0 heterocycles. The van der Waals surface area contributed by atoms with Gasteiger partial charge in [-0.2, -0.15) is 8.42 Å². The van der Waals surface area contributed by atoms with Gasteiger partial charge in [-0.3, -0.25) is 4.79 Å². The molecule has 0 N–H and O–H groups in total. The Morgan fingerprint density at radius 3 is 2.33 bits per heavy atom. The lowest BCUT2D eigenvalue weighted by Gasteiger charge is -2.05. The number of carbonyl (C=O) groups is 1. The Labute approximate surface area is 131 Å². The van der Waals surface area contributed by atoms with Crippen LogP contribution >= 0.6 is 23.4 Å². The maximum Gasteiger partial charge on any atom is 0.332 e. The topological polar surface area (TPSA) is 51.2 Å². The smallest absolute Gasteiger partial charge is 0.281 e. The van der Waals surface area contributed by atoms with E-state index in [1.165, 1.54) is 6.07 Å². The lowest BCUT2D eigenvalue weighted by molar-refractivity contribution is 0.108. The molecule has 0 atom stereocenters. The molecule has 0 aliphatic rings. The number of thioether (sulfide) groups is 1. The second kappa shape index (κ2) is 6.17. The van der Waals surface area contributed by atoms with Crippen LogP contribution in [-0.4, -0.2) is 13.5 Å². The normalized spacial score (nSPS) is 11.4. The van der Waals surface area contributed by atoms with Gasteiger partial charge >= 0.3 is 10.2 Å². The molecule has 110 valence electrons. The fourth-order valence-electron chi connectivity index (χ4n) is 1.58. The van der Waals surface area contributed by atoms with E-state index in [-0.39, 0.29) is 10.6 Å². The van der Waals surface area contributed by atoms with Gasteiger partial charge in [0, 0.05) is 10.5 Å². The molecule has 0 saturated heterocycles. The molecular weight excluding hydrogens is 335 g/mol. The third-order valence-electron chi connectivity index (χ3n) is 2.67. The highest BCUT2D eigenvalue weighted by Crippen LogP contribution is 2.29. The third-order valence-corrected chi connectivity index (χ3v) is 4.73. The van der Waals surface area contributed by atoms with Crippen molar-refractivity contribution < 1.29 is 17.1 Å². The molecule has 0 aliphatic heterocycles. The molecular formula is C14H10ClFO3S2. The minimum absolute atomic E-state index is 0.0408. The molecule has 21 heavy (non-hydrogen) atoms. The Balaban J connectivity index is 2.32. The first-order valence-electron chi connectivity index (χ1n) is 5.80. The van der Waals surface area contributed by atoms with Crippen LogP contribution in [0.3, 0.4) is 0 Å². The van der Waals surface area contributed by atoms with Crippen molar-refractivity contribution in [1.29, 1.82) is 0 Å². The van der Waals surface area contributed by atoms with Crippen LogP contribution in [-0.2, 0) is 10.2 Å². The Morgan fingerprint density at radius 2 is 1.76 bits per heavy atom. The number of carbonyl (C=O) groups excluding carboxylic acids is 1. The van der Waals surface area contributed by atoms with Crippen molar-refractivity contribution in [1.82, 2.24) is 0 Å². The van der Waals surface area contributed by atoms with Gasteiger partial charge in [-0.15, -0.1) is 3.89 Å². The summed E-state index contributed by atoms with van der Waals surface area (Å²) in [6, 6.07) is 10.4. The summed E-state index contributed by atoms with van der Waals surface area (Å²) in [5, 5.41) is -0.374. The second-order valence-electron chi connectivity index (χ2n) is 4.28. The first kappa shape index (κ1) is 16.0. The molecule has 0 aromatic heterocycles. The van der Waals surface area contributed by atoms with E-state index in [1.807, 2.05) is 19.1 Å². The van der Waals surface area contributed by atoms with Crippen LogP contribution in [0.15, 0.2) is 52.3 Å². The average Bonchev–Trinajstić information content (AvgIpc) is 2.40. The second-order valence-corrected chi connectivity index (χ2v) is 7.08. The molecule has 0 fully saturated rings. The molecule has 0 amide bonds. The number of rotatable bonds is 3. The highest BCUT2D eigenvalue weighted by Gasteiger charge is 2.18. The Kier molecular flexibility index (Phi) is 4.70. The quantitative estimate of drug-likeness (QED) is 0.617. The molecule has 2 rings (SSSR count). The van der Waals surface area contributed by atoms with Crippen molar-refractivity contribution in [2.24, 2.45) is 0 Å². The molecule has 2 aromatic rings. The minimum atomic E-state index is -4.87. The van der Waals surface area contributed by atoms with Crippen LogP contribution in [0, 0.1) is 6.92 Å². The van der Waals surface area contributed by atoms with Crippen LogP contribution < -0.4 is 0 Å². The van der Waals surface area contributed by atoms with Crippen molar-refractivity contribution >= 4 is 38.7 Å². The lowest BCUT2D eigenvalue weighted by atomic mass is 10.2. The molecule has 0 radical (unpaired) electrons. The summed E-state index contributed by atoms with van der Waals surface area (Å²) >= 11 is 6.78. The number of hydrogen-bond acceptors (Lipinski definition) is 4. The zero-order valence-electron chi connectivity index (χ0n) is 10.8. The predicted octanol–water partition coefficient (Wildman–Crippen LogP) is 4.24. The molecule has 7 heteroatoms. The van der Waals surface area contributed by atoms with Gasteiger partial charge in [0.25, 0.3) is 0 Å². The van der Waals surface area contributed by atoms with E-state index < -0.39 is 20.2 Å². The molecule has 0 aliphatic carbocycles. The van der Waals surface area contributed by atoms with E-state index in [1.54, 1.807) is 12.1 Å². The fraction of sp³-hybridized carbons (Fsp3) is 0.0714. The molecule has 0 saturated carbocycles. The van der Waals surface area contributed by atoms with Gasteiger partial charge in [-0.1, -0.05) is 29.3 Å². The summed E-state index contributed by atoms with van der Waals surface area (Å²) in [7, 11) is -4.87. The van der Waals surface area contributed by atoms with Crippen molar-refractivity contribution in [3.05, 3.63) is 58.6 Å². The fourth-order valence-corrected chi connectivity index (χ4v) is 3.09. The third kappa shape index (κ3) is 4.06. The summed E-state index contributed by atoms with van der Waals surface area (Å²) in [6.45, 7) is 1.92. The van der Waals surface area contributed by atoms with Crippen LogP contribution in [0.2, 0.25) is 5.02 Å². The maximum absolute atomic E-state index is 13.0. The van der Waals surface area contributed by atoms with Gasteiger partial charge in [-0.25, -0.2) is 0 Å². The van der Waals surface area contributed by atoms with Gasteiger partial charge in [-0.05, 0) is 49.0 Å². The molecule has 3 nitrogen and oxygen atoms in total. The Bertz CT molecular complexity index is 786. The molecule has 2 aromatic carbocycles. The van der Waals surface area contributed by atoms with Crippen LogP contribution in [0.25, 0.3) is 0 Å². The van der Waals surface area contributed by atoms with E-state index >= 15 is 0 Å². The van der Waals surface area contributed by atoms with E-state index in [0.717, 1.165) is 29.5 Å². The summed E-state index contributed by atoms with van der Waals surface area (Å²) < 4.78 is 34.8. The van der Waals surface area contributed by atoms with Crippen molar-refractivity contribution in [2.45, 2.75) is 16.7 Å². The van der Waals surface area contributed by atoms with Crippen molar-refractivity contribution in [3.8, 4) is 0 Å². The Morgan fingerprint density at radius 1 is 1.14 bits per heavy atom. The predicted molar refractivity (Wildman–Crippen MR) is 81.1 cm³/mol. The summed E-state index contributed by atoms with van der Waals surface area (Å²) in [4.78, 5) is 12.3. The number of halogens is 2. The summed E-state index contributed by atoms with van der Waals surface area (Å²) in [6.07, 6.45) is 0. The van der Waals surface area contributed by atoms with E-state index in [9.17, 15) is 17.1 Å². The van der Waals surface area contributed by atoms with Crippen LogP contribution in [0.1, 0.15) is 15.9 Å². The highest BCUT2D eigenvalue weighted by atomic mass is 35.5. The van der Waals surface area contributed by atoms with E-state index in [2.05, 4.69) is 0 Å². The SMILES string of the molecule is Cc1ccc(SC(=O)c2cc(S(=O)(=O)F)ccc2Cl)cc1. The monoisotopic (exact) mass is 344 g/mol. The number of benzene rings is 2. The highest BCUT2D eigenvalue weighted by molar-refractivity contribution is 8.14. The number of hydrogen-bond donors (Lipinski definition) is 0. The summed E-state index contributed by atoms with van der Waals surface area (Å²) in [5.74, 6) is 0. The van der Waals surface area contributed by atoms with Crippen LogP contribution in [0.5, 0.6) is 0 Å². The van der Waals surface area contributed by atoms with Crippen LogP contribution in [0.4, 0.5) is 3.89 Å². The minimum Gasteiger partial charge on any atom is -0.281 e. The average molecular weight is 345 g/mol. The largest absolute Gasteiger partial charge is 0.332 e. The first-order valence-corrected chi connectivity index (χ1v) is 8.38. The lowest BCUT2D eigenvalue weighted by Crippen LogP contribution is -1.99. The van der Waals surface area contributed by atoms with Gasteiger partial charge in [0.2, 0.25) is 5.12 Å². The zero-order chi connectivity index (χ0) is 15.6. The van der Waals surface area contributed by atoms with Gasteiger partial charge < -0.3 is 0 Å². The van der Waals surface area contributed by atoms with Gasteiger partial charge in [0.15, 0.2) is 0 Å². The molecule has 0 spiro atoms. The molecule has 0 unspecified atom stereocenters. The van der Waals surface area contributed by atoms with Crippen molar-refractivity contribution in [3.63, 3.8) is 0 Å². The van der Waals surface area contributed by atoms with E-state index in [4.69, 9.17) is 11.6 Å². The molecule has 0 bridgehead atoms. The maximum atomic E-state index is 13.0. The van der Waals surface area contributed by atoms with E-state index in [0.29, 0.717) is 4.90 Å². The first-order chi connectivity index (χ1) is 9.77. The standard InChI is InChI=1S/C14H10ClFO3S2/c1-9-2-4-10(5-3-9)20-14(17)12-8-11(21(16,18)19)6-7-13(12)15/h2-8H,1H3.